The van der Waals surface area contributed by atoms with Crippen LogP contribution in [0.5, 0.6) is 0 Å². The zero-order valence-electron chi connectivity index (χ0n) is 12.7. The minimum atomic E-state index is -0.703. The molecule has 0 radical (unpaired) electrons. The van der Waals surface area contributed by atoms with Gasteiger partial charge in [0.25, 0.3) is 0 Å². The largest absolute Gasteiger partial charge is 0.389 e. The molecule has 2 heterocycles. The summed E-state index contributed by atoms with van der Waals surface area (Å²) in [5, 5.41) is 17.6. The number of carbonyl (C=O) groups is 1. The molecule has 1 aliphatic rings. The first-order valence-electron chi connectivity index (χ1n) is 7.19. The van der Waals surface area contributed by atoms with Gasteiger partial charge in [-0.15, -0.1) is 5.10 Å². The molecule has 1 aliphatic heterocycles. The van der Waals surface area contributed by atoms with Crippen LogP contribution in [0.25, 0.3) is 0 Å². The van der Waals surface area contributed by atoms with Gasteiger partial charge in [-0.2, -0.15) is 0 Å². The number of β-amino-alcohol motifs (C(OH)–C–C–N with tert-alkyl or cyclic N) is 1. The zero-order chi connectivity index (χ0) is 15.5. The van der Waals surface area contributed by atoms with E-state index >= 15 is 0 Å². The standard InChI is InChI=1S/C13H24N6O2/c1-13(2,21)10-17-3-5-18(6-4-17)12(20)9-19-8-11(7-14)15-16-19/h8,21H,3-7,9-10,14H2,1-2H3. The fraction of sp³-hybridized carbons (Fsp3) is 0.769. The fourth-order valence-electron chi connectivity index (χ4n) is 2.45. The number of amides is 1. The van der Waals surface area contributed by atoms with E-state index in [0.717, 1.165) is 13.1 Å². The highest BCUT2D eigenvalue weighted by molar-refractivity contribution is 5.76. The second-order valence-electron chi connectivity index (χ2n) is 6.08. The smallest absolute Gasteiger partial charge is 0.244 e. The van der Waals surface area contributed by atoms with Gasteiger partial charge in [-0.25, -0.2) is 4.68 Å². The molecule has 8 heteroatoms. The molecule has 0 saturated carbocycles. The van der Waals surface area contributed by atoms with Gasteiger partial charge in [-0.1, -0.05) is 5.21 Å². The van der Waals surface area contributed by atoms with E-state index in [-0.39, 0.29) is 12.5 Å². The van der Waals surface area contributed by atoms with Crippen LogP contribution in [-0.2, 0) is 17.9 Å². The Labute approximate surface area is 124 Å². The Morgan fingerprint density at radius 2 is 2.05 bits per heavy atom. The van der Waals surface area contributed by atoms with Crippen LogP contribution < -0.4 is 5.73 Å². The Bertz CT molecular complexity index is 473. The van der Waals surface area contributed by atoms with Crippen LogP contribution in [-0.4, -0.2) is 74.1 Å². The Hall–Kier alpha value is -1.51. The van der Waals surface area contributed by atoms with Crippen LogP contribution in [0.4, 0.5) is 0 Å². The molecular formula is C13H24N6O2. The molecule has 0 aromatic carbocycles. The monoisotopic (exact) mass is 296 g/mol. The second-order valence-corrected chi connectivity index (χ2v) is 6.08. The van der Waals surface area contributed by atoms with Crippen molar-refractivity contribution in [3.8, 4) is 0 Å². The molecule has 3 N–H and O–H groups in total. The number of piperazine rings is 1. The van der Waals surface area contributed by atoms with Gasteiger partial charge in [0, 0.05) is 39.3 Å². The first-order chi connectivity index (χ1) is 9.87. The lowest BCUT2D eigenvalue weighted by molar-refractivity contribution is -0.134. The maximum absolute atomic E-state index is 12.2. The molecule has 1 aromatic heterocycles. The summed E-state index contributed by atoms with van der Waals surface area (Å²) in [6.45, 7) is 7.64. The fourth-order valence-corrected chi connectivity index (χ4v) is 2.45. The first kappa shape index (κ1) is 15.9. The Balaban J connectivity index is 1.80. The molecule has 1 amide bonds. The van der Waals surface area contributed by atoms with E-state index in [0.29, 0.717) is 31.9 Å². The van der Waals surface area contributed by atoms with Gasteiger partial charge in [0.05, 0.1) is 17.5 Å². The van der Waals surface area contributed by atoms with Crippen molar-refractivity contribution >= 4 is 5.91 Å². The minimum Gasteiger partial charge on any atom is -0.389 e. The topological polar surface area (TPSA) is 101 Å². The van der Waals surface area contributed by atoms with Gasteiger partial charge < -0.3 is 15.7 Å². The molecule has 0 atom stereocenters. The quantitative estimate of drug-likeness (QED) is 0.697. The number of hydrogen-bond donors (Lipinski definition) is 2. The van der Waals surface area contributed by atoms with E-state index < -0.39 is 5.60 Å². The maximum Gasteiger partial charge on any atom is 0.244 e. The lowest BCUT2D eigenvalue weighted by Crippen LogP contribution is -2.52. The third-order valence-electron chi connectivity index (χ3n) is 3.43. The predicted molar refractivity (Wildman–Crippen MR) is 77.2 cm³/mol. The van der Waals surface area contributed by atoms with Crippen LogP contribution in [0.15, 0.2) is 6.20 Å². The minimum absolute atomic E-state index is 0.0337. The normalized spacial score (nSPS) is 17.2. The summed E-state index contributed by atoms with van der Waals surface area (Å²) in [7, 11) is 0. The van der Waals surface area contributed by atoms with Gasteiger partial charge in [0.15, 0.2) is 0 Å². The van der Waals surface area contributed by atoms with Gasteiger partial charge in [-0.05, 0) is 13.8 Å². The predicted octanol–water partition coefficient (Wildman–Crippen LogP) is -1.35. The third kappa shape index (κ3) is 4.76. The summed E-state index contributed by atoms with van der Waals surface area (Å²) in [6.07, 6.45) is 1.70. The summed E-state index contributed by atoms with van der Waals surface area (Å²) >= 11 is 0. The van der Waals surface area contributed by atoms with Crippen LogP contribution >= 0.6 is 0 Å². The lowest BCUT2D eigenvalue weighted by Gasteiger charge is -2.37. The number of nitrogens with two attached hydrogens (primary N) is 1. The van der Waals surface area contributed by atoms with Gasteiger partial charge in [0.2, 0.25) is 5.91 Å². The van der Waals surface area contributed by atoms with E-state index in [2.05, 4.69) is 15.2 Å². The van der Waals surface area contributed by atoms with Crippen molar-refractivity contribution in [2.75, 3.05) is 32.7 Å². The van der Waals surface area contributed by atoms with Crippen molar-refractivity contribution in [3.63, 3.8) is 0 Å². The molecule has 8 nitrogen and oxygen atoms in total. The van der Waals surface area contributed by atoms with Crippen LogP contribution in [0, 0.1) is 0 Å². The number of rotatable bonds is 5. The average molecular weight is 296 g/mol. The van der Waals surface area contributed by atoms with E-state index in [9.17, 15) is 9.90 Å². The van der Waals surface area contributed by atoms with Crippen molar-refractivity contribution < 1.29 is 9.90 Å². The number of nitrogens with zero attached hydrogens (tertiary/aromatic N) is 5. The Morgan fingerprint density at radius 3 is 2.57 bits per heavy atom. The van der Waals surface area contributed by atoms with Crippen LogP contribution in [0.2, 0.25) is 0 Å². The average Bonchev–Trinajstić information content (AvgIpc) is 2.85. The number of carbonyl (C=O) groups excluding carboxylic acids is 1. The third-order valence-corrected chi connectivity index (χ3v) is 3.43. The molecule has 21 heavy (non-hydrogen) atoms. The van der Waals surface area contributed by atoms with Gasteiger partial charge >= 0.3 is 0 Å². The highest BCUT2D eigenvalue weighted by Crippen LogP contribution is 2.09. The summed E-state index contributed by atoms with van der Waals surface area (Å²) < 4.78 is 1.52. The maximum atomic E-state index is 12.2. The van der Waals surface area contributed by atoms with Crippen molar-refractivity contribution in [3.05, 3.63) is 11.9 Å². The van der Waals surface area contributed by atoms with Crippen LogP contribution in [0.1, 0.15) is 19.5 Å². The molecule has 0 aliphatic carbocycles. The molecule has 0 unspecified atom stereocenters. The van der Waals surface area contributed by atoms with Crippen molar-refractivity contribution in [2.24, 2.45) is 5.73 Å². The molecule has 1 fully saturated rings. The SMILES string of the molecule is CC(C)(O)CN1CCN(C(=O)Cn2cc(CN)nn2)CC1. The number of aliphatic hydroxyl groups is 1. The highest BCUT2D eigenvalue weighted by atomic mass is 16.3. The van der Waals surface area contributed by atoms with Crippen molar-refractivity contribution in [1.29, 1.82) is 0 Å². The molecule has 0 bridgehead atoms. The summed E-state index contributed by atoms with van der Waals surface area (Å²) in [5.41, 5.74) is 5.44. The molecule has 0 spiro atoms. The molecule has 118 valence electrons. The van der Waals surface area contributed by atoms with E-state index in [1.54, 1.807) is 20.0 Å². The lowest BCUT2D eigenvalue weighted by atomic mass is 10.1. The molecule has 1 saturated heterocycles. The summed E-state index contributed by atoms with van der Waals surface area (Å²) in [5.74, 6) is 0.0337. The Morgan fingerprint density at radius 1 is 1.38 bits per heavy atom. The molecule has 1 aromatic rings. The zero-order valence-corrected chi connectivity index (χ0v) is 12.7. The first-order valence-corrected chi connectivity index (χ1v) is 7.19. The van der Waals surface area contributed by atoms with Gasteiger partial charge in [0.1, 0.15) is 6.54 Å². The second kappa shape index (κ2) is 6.50. The van der Waals surface area contributed by atoms with Crippen molar-refractivity contribution in [1.82, 2.24) is 24.8 Å². The van der Waals surface area contributed by atoms with E-state index in [1.807, 2.05) is 4.90 Å². The van der Waals surface area contributed by atoms with E-state index in [1.165, 1.54) is 4.68 Å². The number of aromatic nitrogens is 3. The van der Waals surface area contributed by atoms with Crippen LogP contribution in [0.3, 0.4) is 0 Å². The molecule has 2 rings (SSSR count). The Kier molecular flexibility index (Phi) is 4.92. The molecular weight excluding hydrogens is 272 g/mol. The van der Waals surface area contributed by atoms with Gasteiger partial charge in [-0.3, -0.25) is 9.69 Å². The van der Waals surface area contributed by atoms with Crippen molar-refractivity contribution in [2.45, 2.75) is 32.5 Å². The number of hydrogen-bond acceptors (Lipinski definition) is 6. The summed E-state index contributed by atoms with van der Waals surface area (Å²) in [6, 6.07) is 0. The van der Waals surface area contributed by atoms with E-state index in [4.69, 9.17) is 5.73 Å². The highest BCUT2D eigenvalue weighted by Gasteiger charge is 2.25. The summed E-state index contributed by atoms with van der Waals surface area (Å²) in [4.78, 5) is 16.2.